The molecule has 2 atom stereocenters. The Balaban J connectivity index is 3.65. The number of rotatable bonds is 18. The van der Waals surface area contributed by atoms with Crippen LogP contribution in [0.2, 0.25) is 0 Å². The summed E-state index contributed by atoms with van der Waals surface area (Å²) in [5.41, 5.74) is 9.60. The van der Waals surface area contributed by atoms with Gasteiger partial charge in [0.1, 0.15) is 0 Å². The second-order valence-corrected chi connectivity index (χ2v) is 10.9. The normalized spacial score (nSPS) is 14.3. The molecule has 0 amide bonds. The van der Waals surface area contributed by atoms with E-state index in [2.05, 4.69) is 89.8 Å². The summed E-state index contributed by atoms with van der Waals surface area (Å²) in [6.45, 7) is 27.5. The van der Waals surface area contributed by atoms with Crippen LogP contribution in [0, 0.1) is 11.3 Å². The first-order chi connectivity index (χ1) is 18.6. The molecule has 0 saturated carbocycles. The fourth-order valence-corrected chi connectivity index (χ4v) is 4.89. The van der Waals surface area contributed by atoms with E-state index < -0.39 is 0 Å². The Morgan fingerprint density at radius 3 is 2.36 bits per heavy atom. The Labute approximate surface area is 240 Å². The van der Waals surface area contributed by atoms with Crippen LogP contribution in [-0.2, 0) is 0 Å². The second kappa shape index (κ2) is 18.3. The molecular weight excluding hydrogens is 474 g/mol. The number of nitrogens with one attached hydrogen (secondary N) is 1. The molecule has 1 aromatic carbocycles. The number of hydrogen-bond donors (Lipinski definition) is 1. The van der Waals surface area contributed by atoms with E-state index in [-0.39, 0.29) is 5.92 Å². The van der Waals surface area contributed by atoms with Crippen molar-refractivity contribution < 1.29 is 0 Å². The van der Waals surface area contributed by atoms with Crippen molar-refractivity contribution in [3.8, 4) is 6.07 Å². The number of allylic oxidation sites excluding steroid dienone is 7. The fourth-order valence-electron chi connectivity index (χ4n) is 4.89. The summed E-state index contributed by atoms with van der Waals surface area (Å²) >= 11 is 0. The van der Waals surface area contributed by atoms with Crippen LogP contribution in [0.4, 0.5) is 0 Å². The van der Waals surface area contributed by atoms with Gasteiger partial charge in [-0.25, -0.2) is 0 Å². The molecule has 0 aromatic heterocycles. The third-order valence-corrected chi connectivity index (χ3v) is 7.24. The van der Waals surface area contributed by atoms with Gasteiger partial charge in [-0.2, -0.15) is 5.26 Å². The molecule has 3 nitrogen and oxygen atoms in total. The molecule has 0 radical (unpaired) electrons. The summed E-state index contributed by atoms with van der Waals surface area (Å²) in [6.07, 6.45) is 10.8. The molecule has 0 spiro atoms. The third kappa shape index (κ3) is 11.8. The summed E-state index contributed by atoms with van der Waals surface area (Å²) in [6, 6.07) is 10.6. The van der Waals surface area contributed by atoms with Crippen LogP contribution in [0.5, 0.6) is 0 Å². The molecule has 1 N–H and O–H groups in total. The van der Waals surface area contributed by atoms with E-state index in [0.717, 1.165) is 78.6 Å². The molecule has 1 aromatic rings. The molecule has 0 aliphatic rings. The predicted octanol–water partition coefficient (Wildman–Crippen LogP) is 9.80. The van der Waals surface area contributed by atoms with Crippen molar-refractivity contribution >= 4 is 5.71 Å². The molecule has 3 heteroatoms. The molecule has 39 heavy (non-hydrogen) atoms. The second-order valence-electron chi connectivity index (χ2n) is 10.9. The van der Waals surface area contributed by atoms with Gasteiger partial charge in [-0.1, -0.05) is 82.7 Å². The number of unbranched alkanes of at least 4 members (excludes halogenated alkanes) is 2. The number of nitriles is 1. The zero-order valence-electron chi connectivity index (χ0n) is 25.9. The van der Waals surface area contributed by atoms with Gasteiger partial charge >= 0.3 is 0 Å². The van der Waals surface area contributed by atoms with Crippen LogP contribution in [0.25, 0.3) is 0 Å². The van der Waals surface area contributed by atoms with Crippen molar-refractivity contribution in [3.63, 3.8) is 0 Å². The summed E-state index contributed by atoms with van der Waals surface area (Å²) in [7, 11) is 1.86. The van der Waals surface area contributed by atoms with Gasteiger partial charge in [0.15, 0.2) is 0 Å². The third-order valence-electron chi connectivity index (χ3n) is 7.24. The topological polar surface area (TPSA) is 48.2 Å². The monoisotopic (exact) mass is 527 g/mol. The minimum Gasteiger partial charge on any atom is -0.314 e. The molecule has 0 bridgehead atoms. The standard InChI is InChI=1S/C36H53N3/c1-11-13-14-16-27(5)22-34(23-29(7)33-18-15-17-32(24-33)25-37)36(31(9)38-10)35(26(3)4)28(6)19-20-30(8)39-21-12-2/h15,17-18,23-24,29-30,39H,3,5-6,11-14,16,19-22H2,1-2,4,7-10H3/b34-23-,36-35-,38-31-/t29?,30-/m1/s1. The maximum atomic E-state index is 9.45. The Morgan fingerprint density at radius 2 is 1.77 bits per heavy atom. The van der Waals surface area contributed by atoms with Crippen LogP contribution >= 0.6 is 0 Å². The highest BCUT2D eigenvalue weighted by molar-refractivity contribution is 6.04. The molecule has 212 valence electrons. The lowest BCUT2D eigenvalue weighted by atomic mass is 9.82. The molecule has 1 rings (SSSR count). The molecular formula is C36H53N3. The highest BCUT2D eigenvalue weighted by Crippen LogP contribution is 2.35. The molecule has 0 saturated heterocycles. The van der Waals surface area contributed by atoms with Gasteiger partial charge in [0, 0.05) is 24.4 Å². The van der Waals surface area contributed by atoms with Gasteiger partial charge in [0.2, 0.25) is 0 Å². The van der Waals surface area contributed by atoms with Crippen molar-refractivity contribution in [1.29, 1.82) is 5.26 Å². The highest BCUT2D eigenvalue weighted by Gasteiger charge is 2.20. The lowest BCUT2D eigenvalue weighted by molar-refractivity contribution is 0.514. The lowest BCUT2D eigenvalue weighted by Crippen LogP contribution is -2.26. The summed E-state index contributed by atoms with van der Waals surface area (Å²) in [5, 5.41) is 13.0. The summed E-state index contributed by atoms with van der Waals surface area (Å²) in [4.78, 5) is 4.67. The van der Waals surface area contributed by atoms with Crippen molar-refractivity contribution in [1.82, 2.24) is 5.32 Å². The largest absolute Gasteiger partial charge is 0.314 e. The zero-order chi connectivity index (χ0) is 29.4. The van der Waals surface area contributed by atoms with Crippen molar-refractivity contribution in [2.45, 2.75) is 105 Å². The van der Waals surface area contributed by atoms with E-state index in [1.54, 1.807) is 0 Å². The Hall–Kier alpha value is -2.96. The van der Waals surface area contributed by atoms with Crippen LogP contribution in [-0.4, -0.2) is 25.3 Å². The smallest absolute Gasteiger partial charge is 0.0991 e. The van der Waals surface area contributed by atoms with E-state index in [0.29, 0.717) is 11.6 Å². The molecule has 1 unspecified atom stereocenters. The SMILES string of the molecule is C=C(CCCCC)CC(=C/C(C)c1cccc(C#N)c1)/C(C(/C)=N\C)=C(/C(=C)C)C(=C)CC[C@@H](C)NCCC. The van der Waals surface area contributed by atoms with Gasteiger partial charge < -0.3 is 5.32 Å². The number of benzene rings is 1. The van der Waals surface area contributed by atoms with Crippen LogP contribution < -0.4 is 5.32 Å². The van der Waals surface area contributed by atoms with E-state index in [1.807, 2.05) is 25.2 Å². The highest BCUT2D eigenvalue weighted by atomic mass is 14.9. The van der Waals surface area contributed by atoms with Gasteiger partial charge in [-0.3, -0.25) is 4.99 Å². The van der Waals surface area contributed by atoms with E-state index in [9.17, 15) is 5.26 Å². The average molecular weight is 528 g/mol. The van der Waals surface area contributed by atoms with Crippen molar-refractivity contribution in [2.75, 3.05) is 13.6 Å². The van der Waals surface area contributed by atoms with Crippen LogP contribution in [0.1, 0.15) is 110 Å². The first kappa shape index (κ1) is 34.1. The van der Waals surface area contributed by atoms with Gasteiger partial charge in [0.05, 0.1) is 11.6 Å². The quantitative estimate of drug-likeness (QED) is 0.0893. The number of aliphatic imine (C=N–C) groups is 1. The Kier molecular flexibility index (Phi) is 16.0. The maximum absolute atomic E-state index is 9.45. The van der Waals surface area contributed by atoms with Gasteiger partial charge in [-0.15, -0.1) is 0 Å². The molecule has 0 aliphatic heterocycles. The molecule has 0 fully saturated rings. The number of nitrogens with zero attached hydrogens (tertiary/aromatic N) is 2. The van der Waals surface area contributed by atoms with E-state index in [4.69, 9.17) is 0 Å². The van der Waals surface area contributed by atoms with Gasteiger partial charge in [0.25, 0.3) is 0 Å². The minimum atomic E-state index is 0.120. The first-order valence-electron chi connectivity index (χ1n) is 14.7. The Morgan fingerprint density at radius 1 is 1.05 bits per heavy atom. The van der Waals surface area contributed by atoms with Crippen LogP contribution in [0.3, 0.4) is 0 Å². The zero-order valence-corrected chi connectivity index (χ0v) is 25.9. The molecule has 0 aliphatic carbocycles. The summed E-state index contributed by atoms with van der Waals surface area (Å²) < 4.78 is 0. The van der Waals surface area contributed by atoms with Gasteiger partial charge in [-0.05, 0) is 106 Å². The van der Waals surface area contributed by atoms with E-state index >= 15 is 0 Å². The van der Waals surface area contributed by atoms with Crippen molar-refractivity contribution in [2.24, 2.45) is 4.99 Å². The van der Waals surface area contributed by atoms with E-state index in [1.165, 1.54) is 24.0 Å². The maximum Gasteiger partial charge on any atom is 0.0991 e. The van der Waals surface area contributed by atoms with Crippen molar-refractivity contribution in [3.05, 3.63) is 94.6 Å². The average Bonchev–Trinajstić information content (AvgIpc) is 2.92. The minimum absolute atomic E-state index is 0.120. The lowest BCUT2D eigenvalue weighted by Gasteiger charge is -2.24. The molecule has 0 heterocycles. The van der Waals surface area contributed by atoms with Crippen LogP contribution in [0.15, 0.2) is 88.5 Å². The summed E-state index contributed by atoms with van der Waals surface area (Å²) in [5.74, 6) is 0.120. The Bertz CT molecular complexity index is 1110. The predicted molar refractivity (Wildman–Crippen MR) is 173 cm³/mol. The number of hydrogen-bond acceptors (Lipinski definition) is 3. The first-order valence-corrected chi connectivity index (χ1v) is 14.7. The fraction of sp³-hybridized carbons (Fsp3) is 0.500.